The summed E-state index contributed by atoms with van der Waals surface area (Å²) in [6, 6.07) is 0. The fourth-order valence-corrected chi connectivity index (χ4v) is 1.96. The highest BCUT2D eigenvalue weighted by atomic mass is 16.5. The number of aryl methyl sites for hydroxylation is 2. The lowest BCUT2D eigenvalue weighted by Crippen LogP contribution is -2.11. The van der Waals surface area contributed by atoms with Gasteiger partial charge in [0.05, 0.1) is 5.69 Å². The van der Waals surface area contributed by atoms with Gasteiger partial charge in [-0.05, 0) is 26.2 Å². The summed E-state index contributed by atoms with van der Waals surface area (Å²) in [5, 5.41) is 3.38. The van der Waals surface area contributed by atoms with Gasteiger partial charge in [-0.1, -0.05) is 13.3 Å². The van der Waals surface area contributed by atoms with Crippen LogP contribution in [0.4, 0.5) is 5.95 Å². The molecule has 1 rings (SSSR count). The summed E-state index contributed by atoms with van der Waals surface area (Å²) >= 11 is 0. The van der Waals surface area contributed by atoms with Crippen LogP contribution in [0.25, 0.3) is 0 Å². The summed E-state index contributed by atoms with van der Waals surface area (Å²) in [6.45, 7) is 8.50. The highest BCUT2D eigenvalue weighted by Crippen LogP contribution is 2.09. The Kier molecular flexibility index (Phi) is 9.07. The Balaban J connectivity index is 2.21. The van der Waals surface area contributed by atoms with Crippen LogP contribution in [0, 0.1) is 6.92 Å². The highest BCUT2D eigenvalue weighted by Gasteiger charge is 2.04. The molecule has 116 valence electrons. The van der Waals surface area contributed by atoms with Crippen molar-refractivity contribution in [1.82, 2.24) is 9.55 Å². The molecule has 1 aromatic heterocycles. The molecule has 0 amide bonds. The zero-order chi connectivity index (χ0) is 14.6. The lowest BCUT2D eigenvalue weighted by atomic mass is 10.4. The van der Waals surface area contributed by atoms with Gasteiger partial charge in [-0.15, -0.1) is 0 Å². The second-order valence-electron chi connectivity index (χ2n) is 4.99. The maximum absolute atomic E-state index is 5.54. The van der Waals surface area contributed by atoms with Crippen molar-refractivity contribution in [1.29, 1.82) is 0 Å². The minimum absolute atomic E-state index is 0.780. The van der Waals surface area contributed by atoms with Gasteiger partial charge < -0.3 is 19.4 Å². The number of hydrogen-bond donors (Lipinski definition) is 1. The largest absolute Gasteiger partial charge is 0.385 e. The third kappa shape index (κ3) is 6.91. The maximum Gasteiger partial charge on any atom is 0.203 e. The fourth-order valence-electron chi connectivity index (χ4n) is 1.96. The van der Waals surface area contributed by atoms with E-state index >= 15 is 0 Å². The second-order valence-corrected chi connectivity index (χ2v) is 4.99. The molecule has 5 nitrogen and oxygen atoms in total. The van der Waals surface area contributed by atoms with E-state index in [4.69, 9.17) is 9.47 Å². The Morgan fingerprint density at radius 2 is 2.00 bits per heavy atom. The second kappa shape index (κ2) is 10.7. The van der Waals surface area contributed by atoms with Crippen LogP contribution >= 0.6 is 0 Å². The smallest absolute Gasteiger partial charge is 0.203 e. The van der Waals surface area contributed by atoms with Crippen molar-refractivity contribution in [2.24, 2.45) is 0 Å². The van der Waals surface area contributed by atoms with Gasteiger partial charge in [-0.25, -0.2) is 4.98 Å². The SMILES string of the molecule is CCCCOCCCNc1nc(C)cn1CCCOC. The average Bonchev–Trinajstić information content (AvgIpc) is 2.78. The molecule has 0 atom stereocenters. The van der Waals surface area contributed by atoms with Crippen molar-refractivity contribution in [3.8, 4) is 0 Å². The summed E-state index contributed by atoms with van der Waals surface area (Å²) in [4.78, 5) is 4.51. The fraction of sp³-hybridized carbons (Fsp3) is 0.800. The summed E-state index contributed by atoms with van der Waals surface area (Å²) in [7, 11) is 1.73. The molecule has 0 aliphatic rings. The van der Waals surface area contributed by atoms with Gasteiger partial charge in [0.2, 0.25) is 5.95 Å². The van der Waals surface area contributed by atoms with E-state index in [1.54, 1.807) is 7.11 Å². The first kappa shape index (κ1) is 17.0. The van der Waals surface area contributed by atoms with E-state index in [2.05, 4.69) is 28.0 Å². The van der Waals surface area contributed by atoms with Gasteiger partial charge in [-0.2, -0.15) is 0 Å². The Morgan fingerprint density at radius 1 is 1.20 bits per heavy atom. The molecular formula is C15H29N3O2. The number of nitrogens with zero attached hydrogens (tertiary/aromatic N) is 2. The van der Waals surface area contributed by atoms with Crippen LogP contribution in [-0.4, -0.2) is 43.0 Å². The molecule has 0 aromatic carbocycles. The number of anilines is 1. The molecule has 0 aliphatic carbocycles. The molecular weight excluding hydrogens is 254 g/mol. The van der Waals surface area contributed by atoms with Gasteiger partial charge in [0.15, 0.2) is 0 Å². The lowest BCUT2D eigenvalue weighted by molar-refractivity contribution is 0.131. The zero-order valence-corrected chi connectivity index (χ0v) is 13.2. The Hall–Kier alpha value is -1.07. The standard InChI is InChI=1S/C15H29N3O2/c1-4-5-11-20-12-6-8-16-15-17-14(2)13-18(15)9-7-10-19-3/h13H,4-12H2,1-3H3,(H,16,17). The summed E-state index contributed by atoms with van der Waals surface area (Å²) in [5.41, 5.74) is 1.05. The first-order valence-corrected chi connectivity index (χ1v) is 7.62. The quantitative estimate of drug-likeness (QED) is 0.599. The molecule has 1 N–H and O–H groups in total. The monoisotopic (exact) mass is 283 g/mol. The van der Waals surface area contributed by atoms with Crippen LogP contribution in [0.15, 0.2) is 6.20 Å². The summed E-state index contributed by atoms with van der Waals surface area (Å²) < 4.78 is 12.8. The Bertz CT molecular complexity index is 353. The van der Waals surface area contributed by atoms with Gasteiger partial charge in [0.25, 0.3) is 0 Å². The minimum atomic E-state index is 0.780. The molecule has 0 aliphatic heterocycles. The van der Waals surface area contributed by atoms with E-state index in [-0.39, 0.29) is 0 Å². The van der Waals surface area contributed by atoms with E-state index in [1.807, 2.05) is 6.92 Å². The normalized spacial score (nSPS) is 10.9. The summed E-state index contributed by atoms with van der Waals surface area (Å²) in [5.74, 6) is 0.951. The van der Waals surface area contributed by atoms with Crippen molar-refractivity contribution in [3.05, 3.63) is 11.9 Å². The third-order valence-electron chi connectivity index (χ3n) is 3.04. The van der Waals surface area contributed by atoms with Crippen molar-refractivity contribution in [2.75, 3.05) is 38.8 Å². The van der Waals surface area contributed by atoms with Crippen LogP contribution in [-0.2, 0) is 16.0 Å². The molecule has 20 heavy (non-hydrogen) atoms. The lowest BCUT2D eigenvalue weighted by Gasteiger charge is -2.09. The predicted molar refractivity (Wildman–Crippen MR) is 82.3 cm³/mol. The van der Waals surface area contributed by atoms with Crippen LogP contribution in [0.3, 0.4) is 0 Å². The molecule has 1 aromatic rings. The number of nitrogens with one attached hydrogen (secondary N) is 1. The number of ether oxygens (including phenoxy) is 2. The molecule has 0 unspecified atom stereocenters. The molecule has 0 fully saturated rings. The van der Waals surface area contributed by atoms with Crippen LogP contribution < -0.4 is 5.32 Å². The average molecular weight is 283 g/mol. The van der Waals surface area contributed by atoms with Crippen molar-refractivity contribution >= 4 is 5.95 Å². The van der Waals surface area contributed by atoms with E-state index < -0.39 is 0 Å². The number of imidazole rings is 1. The minimum Gasteiger partial charge on any atom is -0.385 e. The van der Waals surface area contributed by atoms with Crippen LogP contribution in [0.2, 0.25) is 0 Å². The van der Waals surface area contributed by atoms with Crippen molar-refractivity contribution in [3.63, 3.8) is 0 Å². The van der Waals surface area contributed by atoms with Crippen LogP contribution in [0.5, 0.6) is 0 Å². The first-order valence-electron chi connectivity index (χ1n) is 7.62. The predicted octanol–water partition coefficient (Wildman–Crippen LogP) is 2.85. The Morgan fingerprint density at radius 3 is 2.75 bits per heavy atom. The van der Waals surface area contributed by atoms with E-state index in [0.717, 1.165) is 63.8 Å². The van der Waals surface area contributed by atoms with Gasteiger partial charge in [0, 0.05) is 46.2 Å². The Labute approximate surface area is 122 Å². The molecule has 0 radical (unpaired) electrons. The summed E-state index contributed by atoms with van der Waals surface area (Å²) in [6.07, 6.45) is 6.43. The topological polar surface area (TPSA) is 48.3 Å². The van der Waals surface area contributed by atoms with Gasteiger partial charge >= 0.3 is 0 Å². The van der Waals surface area contributed by atoms with Gasteiger partial charge in [-0.3, -0.25) is 0 Å². The number of hydrogen-bond acceptors (Lipinski definition) is 4. The maximum atomic E-state index is 5.54. The molecule has 1 heterocycles. The molecule has 0 bridgehead atoms. The first-order chi connectivity index (χ1) is 9.77. The van der Waals surface area contributed by atoms with E-state index in [9.17, 15) is 0 Å². The number of unbranched alkanes of at least 4 members (excludes halogenated alkanes) is 1. The third-order valence-corrected chi connectivity index (χ3v) is 3.04. The zero-order valence-electron chi connectivity index (χ0n) is 13.2. The number of rotatable bonds is 12. The highest BCUT2D eigenvalue weighted by molar-refractivity contribution is 5.28. The molecule has 5 heteroatoms. The number of aromatic nitrogens is 2. The van der Waals surface area contributed by atoms with E-state index in [0.29, 0.717) is 0 Å². The van der Waals surface area contributed by atoms with Gasteiger partial charge in [0.1, 0.15) is 0 Å². The number of methoxy groups -OCH3 is 1. The molecule has 0 saturated carbocycles. The van der Waals surface area contributed by atoms with Crippen LogP contribution in [0.1, 0.15) is 38.3 Å². The van der Waals surface area contributed by atoms with E-state index in [1.165, 1.54) is 6.42 Å². The molecule has 0 spiro atoms. The molecule has 0 saturated heterocycles. The van der Waals surface area contributed by atoms with Crippen molar-refractivity contribution in [2.45, 2.75) is 46.1 Å². The van der Waals surface area contributed by atoms with Crippen molar-refractivity contribution < 1.29 is 9.47 Å².